The molecule has 0 radical (unpaired) electrons. The molecule has 2 N–H and O–H groups in total. The third-order valence-electron chi connectivity index (χ3n) is 4.47. The zero-order chi connectivity index (χ0) is 20.1. The Bertz CT molecular complexity index is 1040. The van der Waals surface area contributed by atoms with Gasteiger partial charge in [0.1, 0.15) is 5.75 Å². The molecule has 144 valence electrons. The second-order valence-corrected chi connectivity index (χ2v) is 6.51. The van der Waals surface area contributed by atoms with Crippen molar-refractivity contribution < 1.29 is 19.4 Å². The lowest BCUT2D eigenvalue weighted by atomic mass is 10.1. The maximum absolute atomic E-state index is 12.3. The molecule has 1 aromatic heterocycles. The Morgan fingerprint density at radius 1 is 1.18 bits per heavy atom. The summed E-state index contributed by atoms with van der Waals surface area (Å²) < 4.78 is 6.48. The summed E-state index contributed by atoms with van der Waals surface area (Å²) in [7, 11) is 1.59. The van der Waals surface area contributed by atoms with E-state index in [4.69, 9.17) is 4.74 Å². The monoisotopic (exact) mass is 378 g/mol. The first-order chi connectivity index (χ1) is 13.5. The van der Waals surface area contributed by atoms with E-state index in [1.807, 2.05) is 43.3 Å². The predicted molar refractivity (Wildman–Crippen MR) is 109 cm³/mol. The van der Waals surface area contributed by atoms with Crippen molar-refractivity contribution in [3.63, 3.8) is 0 Å². The fourth-order valence-electron chi connectivity index (χ4n) is 3.21. The third kappa shape index (κ3) is 4.23. The minimum absolute atomic E-state index is 0.164. The van der Waals surface area contributed by atoms with Gasteiger partial charge in [0.05, 0.1) is 12.6 Å². The number of carbonyl (C=O) groups excluding carboxylic acids is 1. The molecule has 0 saturated heterocycles. The molecule has 0 fully saturated rings. The minimum atomic E-state index is -1.03. The summed E-state index contributed by atoms with van der Waals surface area (Å²) >= 11 is 0. The molecule has 0 aliphatic heterocycles. The molecule has 6 heteroatoms. The van der Waals surface area contributed by atoms with Crippen molar-refractivity contribution in [2.24, 2.45) is 0 Å². The van der Waals surface area contributed by atoms with Crippen LogP contribution < -0.4 is 10.1 Å². The summed E-state index contributed by atoms with van der Waals surface area (Å²) in [6.45, 7) is 1.89. The standard InChI is InChI=1S/C22H22N2O4/c1-15(23-21(25)12-11-16-7-3-6-10-20(16)28-2)13-17-14-24(22(26)27)19-9-5-4-8-18(17)19/h3-12,14-15H,13H2,1-2H3,(H,23,25)(H,26,27)/t15-/m1/s1. The van der Waals surface area contributed by atoms with Gasteiger partial charge in [-0.1, -0.05) is 36.4 Å². The smallest absolute Gasteiger partial charge is 0.416 e. The van der Waals surface area contributed by atoms with Gasteiger partial charge in [-0.15, -0.1) is 0 Å². The average Bonchev–Trinajstić information content (AvgIpc) is 3.05. The molecule has 1 atom stereocenters. The van der Waals surface area contributed by atoms with Gasteiger partial charge in [-0.2, -0.15) is 0 Å². The SMILES string of the molecule is COc1ccccc1C=CC(=O)N[C@H](C)Cc1cn(C(=O)O)c2ccccc12. The van der Waals surface area contributed by atoms with E-state index in [1.165, 1.54) is 10.6 Å². The van der Waals surface area contributed by atoms with Crippen LogP contribution in [0.3, 0.4) is 0 Å². The molecule has 0 saturated carbocycles. The summed E-state index contributed by atoms with van der Waals surface area (Å²) in [6, 6.07) is 14.6. The van der Waals surface area contributed by atoms with Crippen LogP contribution in [0.4, 0.5) is 4.79 Å². The fraction of sp³-hybridized carbons (Fsp3) is 0.182. The zero-order valence-corrected chi connectivity index (χ0v) is 15.8. The van der Waals surface area contributed by atoms with Gasteiger partial charge in [0.15, 0.2) is 0 Å². The lowest BCUT2D eigenvalue weighted by Crippen LogP contribution is -2.32. The van der Waals surface area contributed by atoms with Gasteiger partial charge in [-0.25, -0.2) is 4.79 Å². The highest BCUT2D eigenvalue weighted by Crippen LogP contribution is 2.22. The van der Waals surface area contributed by atoms with Crippen LogP contribution in [0.15, 0.2) is 60.8 Å². The van der Waals surface area contributed by atoms with Crippen LogP contribution in [0.1, 0.15) is 18.1 Å². The first-order valence-electron chi connectivity index (χ1n) is 8.93. The molecule has 2 aromatic carbocycles. The van der Waals surface area contributed by atoms with Gasteiger partial charge in [-0.05, 0) is 37.1 Å². The number of hydrogen-bond donors (Lipinski definition) is 2. The van der Waals surface area contributed by atoms with Crippen LogP contribution in [-0.4, -0.2) is 34.8 Å². The van der Waals surface area contributed by atoms with Crippen LogP contribution >= 0.6 is 0 Å². The van der Waals surface area contributed by atoms with Gasteiger partial charge in [0, 0.05) is 29.3 Å². The number of benzene rings is 2. The molecule has 1 heterocycles. The van der Waals surface area contributed by atoms with Crippen molar-refractivity contribution in [3.8, 4) is 5.75 Å². The number of nitrogens with one attached hydrogen (secondary N) is 1. The van der Waals surface area contributed by atoms with Crippen molar-refractivity contribution >= 4 is 29.0 Å². The first kappa shape index (κ1) is 19.2. The molecule has 0 spiro atoms. The number of carbonyl (C=O) groups is 2. The van der Waals surface area contributed by atoms with Gasteiger partial charge >= 0.3 is 6.09 Å². The molecule has 0 bridgehead atoms. The predicted octanol–water partition coefficient (Wildman–Crippen LogP) is 3.94. The lowest BCUT2D eigenvalue weighted by molar-refractivity contribution is -0.117. The molecule has 0 aliphatic carbocycles. The van der Waals surface area contributed by atoms with E-state index in [2.05, 4.69) is 5.32 Å². The Morgan fingerprint density at radius 2 is 1.89 bits per heavy atom. The molecule has 6 nitrogen and oxygen atoms in total. The Labute approximate surface area is 163 Å². The Morgan fingerprint density at radius 3 is 2.64 bits per heavy atom. The van der Waals surface area contributed by atoms with E-state index in [0.29, 0.717) is 17.7 Å². The second-order valence-electron chi connectivity index (χ2n) is 6.51. The summed E-state index contributed by atoms with van der Waals surface area (Å²) in [4.78, 5) is 23.7. The van der Waals surface area contributed by atoms with Gasteiger partial charge < -0.3 is 15.2 Å². The molecule has 1 amide bonds. The number of methoxy groups -OCH3 is 1. The number of hydrogen-bond acceptors (Lipinski definition) is 3. The fourth-order valence-corrected chi connectivity index (χ4v) is 3.21. The first-order valence-corrected chi connectivity index (χ1v) is 8.93. The van der Waals surface area contributed by atoms with E-state index < -0.39 is 6.09 Å². The van der Waals surface area contributed by atoms with Crippen molar-refractivity contribution in [2.75, 3.05) is 7.11 Å². The molecule has 3 rings (SSSR count). The van der Waals surface area contributed by atoms with Gasteiger partial charge in [-0.3, -0.25) is 9.36 Å². The molecule has 28 heavy (non-hydrogen) atoms. The Hall–Kier alpha value is -3.54. The average molecular weight is 378 g/mol. The Kier molecular flexibility index (Phi) is 5.79. The van der Waals surface area contributed by atoms with Crippen LogP contribution in [-0.2, 0) is 11.2 Å². The maximum Gasteiger partial charge on any atom is 0.416 e. The molecule has 0 aliphatic rings. The largest absolute Gasteiger partial charge is 0.496 e. The summed E-state index contributed by atoms with van der Waals surface area (Å²) in [5.74, 6) is 0.474. The Balaban J connectivity index is 1.70. The van der Waals surface area contributed by atoms with E-state index in [0.717, 1.165) is 16.5 Å². The van der Waals surface area contributed by atoms with Gasteiger partial charge in [0.2, 0.25) is 5.91 Å². The van der Waals surface area contributed by atoms with Crippen molar-refractivity contribution in [1.29, 1.82) is 0 Å². The maximum atomic E-state index is 12.3. The number of aromatic nitrogens is 1. The molecular weight excluding hydrogens is 356 g/mol. The van der Waals surface area contributed by atoms with E-state index >= 15 is 0 Å². The summed E-state index contributed by atoms with van der Waals surface area (Å²) in [5, 5.41) is 13.2. The van der Waals surface area contributed by atoms with Crippen LogP contribution in [0.2, 0.25) is 0 Å². The highest BCUT2D eigenvalue weighted by atomic mass is 16.5. The van der Waals surface area contributed by atoms with Crippen LogP contribution in [0, 0.1) is 0 Å². The third-order valence-corrected chi connectivity index (χ3v) is 4.47. The summed E-state index contributed by atoms with van der Waals surface area (Å²) in [5.41, 5.74) is 2.33. The van der Waals surface area contributed by atoms with Crippen LogP contribution in [0.25, 0.3) is 17.0 Å². The topological polar surface area (TPSA) is 80.6 Å². The van der Waals surface area contributed by atoms with Gasteiger partial charge in [0.25, 0.3) is 0 Å². The summed E-state index contributed by atoms with van der Waals surface area (Å²) in [6.07, 6.45) is 4.28. The molecular formula is C22H22N2O4. The molecule has 0 unspecified atom stereocenters. The van der Waals surface area contributed by atoms with E-state index in [9.17, 15) is 14.7 Å². The zero-order valence-electron chi connectivity index (χ0n) is 15.8. The number of fused-ring (bicyclic) bond motifs is 1. The number of amides is 1. The number of nitrogens with zero attached hydrogens (tertiary/aromatic N) is 1. The highest BCUT2D eigenvalue weighted by molar-refractivity contribution is 5.93. The van der Waals surface area contributed by atoms with Crippen molar-refractivity contribution in [2.45, 2.75) is 19.4 Å². The highest BCUT2D eigenvalue weighted by Gasteiger charge is 2.15. The number of para-hydroxylation sites is 2. The van der Waals surface area contributed by atoms with Crippen molar-refractivity contribution in [3.05, 3.63) is 71.9 Å². The minimum Gasteiger partial charge on any atom is -0.496 e. The van der Waals surface area contributed by atoms with E-state index in [-0.39, 0.29) is 11.9 Å². The number of ether oxygens (including phenoxy) is 1. The number of carboxylic acid groups (broad SMARTS) is 1. The molecule has 3 aromatic rings. The quantitative estimate of drug-likeness (QED) is 0.637. The van der Waals surface area contributed by atoms with E-state index in [1.54, 1.807) is 31.5 Å². The normalized spacial score (nSPS) is 12.2. The lowest BCUT2D eigenvalue weighted by Gasteiger charge is -2.12. The number of rotatable bonds is 6. The van der Waals surface area contributed by atoms with Crippen LogP contribution in [0.5, 0.6) is 5.75 Å². The second kappa shape index (κ2) is 8.43. The van der Waals surface area contributed by atoms with Crippen molar-refractivity contribution in [1.82, 2.24) is 9.88 Å².